The normalized spacial score (nSPS) is 13.1. The van der Waals surface area contributed by atoms with Crippen molar-refractivity contribution in [1.82, 2.24) is 9.55 Å². The Morgan fingerprint density at radius 3 is 2.63 bits per heavy atom. The van der Waals surface area contributed by atoms with Crippen LogP contribution in [0.4, 0.5) is 0 Å². The maximum absolute atomic E-state index is 12.1. The fourth-order valence-corrected chi connectivity index (χ4v) is 3.97. The van der Waals surface area contributed by atoms with Crippen LogP contribution in [-0.2, 0) is 21.1 Å². The molecule has 0 aliphatic rings. The number of aliphatic hydroxyl groups is 1. The molecule has 1 unspecified atom stereocenters. The average Bonchev–Trinajstić information content (AvgIpc) is 3.08. The molecule has 0 spiro atoms. The monoisotopic (exact) mass is 452 g/mol. The number of hydrogen-bond acceptors (Lipinski definition) is 5. The molecule has 0 amide bonds. The summed E-state index contributed by atoms with van der Waals surface area (Å²) >= 11 is 13.2. The molecule has 0 fully saturated rings. The van der Waals surface area contributed by atoms with Crippen molar-refractivity contribution in [2.24, 2.45) is 5.92 Å². The van der Waals surface area contributed by atoms with Gasteiger partial charge in [0.25, 0.3) is 0 Å². The van der Waals surface area contributed by atoms with E-state index in [1.165, 1.54) is 0 Å². The van der Waals surface area contributed by atoms with Gasteiger partial charge in [-0.2, -0.15) is 0 Å². The molecule has 2 rings (SSSR count). The molecule has 0 bridgehead atoms. The lowest BCUT2D eigenvalue weighted by molar-refractivity contribution is -0.137. The van der Waals surface area contributed by atoms with Gasteiger partial charge in [0.05, 0.1) is 36.6 Å². The molecule has 1 N–H and O–H groups in total. The summed E-state index contributed by atoms with van der Waals surface area (Å²) in [5, 5.41) is 12.1. The highest BCUT2D eigenvalue weighted by Gasteiger charge is 2.33. The summed E-state index contributed by atoms with van der Waals surface area (Å²) in [6.07, 6.45) is 6.42. The zero-order valence-corrected chi connectivity index (χ0v) is 18.2. The Labute approximate surface area is 180 Å². The molecule has 9 heteroatoms. The Kier molecular flexibility index (Phi) is 9.98. The van der Waals surface area contributed by atoms with Crippen molar-refractivity contribution in [2.75, 3.05) is 5.75 Å². The van der Waals surface area contributed by atoms with Gasteiger partial charge in [-0.05, 0) is 25.0 Å². The maximum atomic E-state index is 12.1. The van der Waals surface area contributed by atoms with E-state index < -0.39 is 5.60 Å². The summed E-state index contributed by atoms with van der Waals surface area (Å²) < 4.78 is 7.05. The van der Waals surface area contributed by atoms with Gasteiger partial charge in [0.1, 0.15) is 5.60 Å². The van der Waals surface area contributed by atoms with Gasteiger partial charge >= 0.3 is 5.97 Å². The Balaban J connectivity index is 0.00000364. The molecular formula is C18H23Cl3N2O3S. The zero-order chi connectivity index (χ0) is 19.2. The molecule has 1 aromatic carbocycles. The second-order valence-corrected chi connectivity index (χ2v) is 7.60. The molecule has 1 aromatic heterocycles. The van der Waals surface area contributed by atoms with Gasteiger partial charge in [-0.15, -0.1) is 12.4 Å². The number of carbonyl (C=O) groups excluding carboxylic acids is 1. The minimum atomic E-state index is -1.36. The number of nitrogens with zero attached hydrogens (tertiary/aromatic N) is 2. The van der Waals surface area contributed by atoms with Crippen molar-refractivity contribution in [2.45, 2.75) is 38.8 Å². The third-order valence-electron chi connectivity index (χ3n) is 4.19. The molecule has 1 heterocycles. The van der Waals surface area contributed by atoms with Gasteiger partial charge in [-0.1, -0.05) is 43.1 Å². The highest BCUT2D eigenvalue weighted by atomic mass is 35.5. The summed E-state index contributed by atoms with van der Waals surface area (Å²) in [6.45, 7) is 4.11. The lowest BCUT2D eigenvalue weighted by atomic mass is 9.95. The Morgan fingerprint density at radius 2 is 2.07 bits per heavy atom. The topological polar surface area (TPSA) is 64.3 Å². The van der Waals surface area contributed by atoms with Crippen molar-refractivity contribution >= 4 is 53.6 Å². The summed E-state index contributed by atoms with van der Waals surface area (Å²) in [4.78, 5) is 16.1. The SMILES string of the molecule is CCC(CC)C(=O)OSCC(O)(Cn1ccnc1)c1ccc(Cl)cc1Cl.Cl. The molecule has 2 aromatic rings. The van der Waals surface area contributed by atoms with Crippen LogP contribution in [0.3, 0.4) is 0 Å². The smallest absolute Gasteiger partial charge is 0.320 e. The second kappa shape index (κ2) is 11.2. The van der Waals surface area contributed by atoms with Crippen molar-refractivity contribution < 1.29 is 14.1 Å². The van der Waals surface area contributed by atoms with Gasteiger partial charge in [0, 0.05) is 28.0 Å². The third kappa shape index (κ3) is 6.57. The number of hydrogen-bond donors (Lipinski definition) is 1. The van der Waals surface area contributed by atoms with E-state index in [0.29, 0.717) is 15.6 Å². The maximum Gasteiger partial charge on any atom is 0.320 e. The first-order chi connectivity index (χ1) is 12.4. The predicted molar refractivity (Wildman–Crippen MR) is 112 cm³/mol. The fraction of sp³-hybridized carbons (Fsp3) is 0.444. The first kappa shape index (κ1) is 24.1. The van der Waals surface area contributed by atoms with Gasteiger partial charge in [-0.3, -0.25) is 4.79 Å². The molecule has 0 aliphatic carbocycles. The van der Waals surface area contributed by atoms with E-state index >= 15 is 0 Å². The Bertz CT molecular complexity index is 727. The lowest BCUT2D eigenvalue weighted by Crippen LogP contribution is -2.34. The van der Waals surface area contributed by atoms with Gasteiger partial charge in [-0.25, -0.2) is 4.98 Å². The summed E-state index contributed by atoms with van der Waals surface area (Å²) in [5.74, 6) is -0.283. The van der Waals surface area contributed by atoms with Gasteiger partial charge in [0.2, 0.25) is 0 Å². The molecule has 0 saturated carbocycles. The highest BCUT2D eigenvalue weighted by Crippen LogP contribution is 2.35. The van der Waals surface area contributed by atoms with Crippen LogP contribution in [0.5, 0.6) is 0 Å². The van der Waals surface area contributed by atoms with Crippen LogP contribution in [0.2, 0.25) is 10.0 Å². The van der Waals surface area contributed by atoms with Crippen molar-refractivity contribution in [3.05, 3.63) is 52.5 Å². The predicted octanol–water partition coefficient (Wildman–Crippen LogP) is 5.13. The molecule has 150 valence electrons. The van der Waals surface area contributed by atoms with Crippen LogP contribution >= 0.6 is 47.7 Å². The summed E-state index contributed by atoms with van der Waals surface area (Å²) in [5.41, 5.74) is -0.843. The van der Waals surface area contributed by atoms with Crippen LogP contribution in [0.25, 0.3) is 0 Å². The number of aromatic nitrogens is 2. The number of imidazole rings is 1. The van der Waals surface area contributed by atoms with Crippen LogP contribution in [0.1, 0.15) is 32.3 Å². The van der Waals surface area contributed by atoms with Gasteiger partial charge < -0.3 is 13.9 Å². The quantitative estimate of drug-likeness (QED) is 0.533. The van der Waals surface area contributed by atoms with Crippen molar-refractivity contribution in [3.63, 3.8) is 0 Å². The van der Waals surface area contributed by atoms with Gasteiger partial charge in [0.15, 0.2) is 0 Å². The van der Waals surface area contributed by atoms with E-state index in [0.717, 1.165) is 24.9 Å². The third-order valence-corrected chi connectivity index (χ3v) is 5.62. The lowest BCUT2D eigenvalue weighted by Gasteiger charge is -2.29. The second-order valence-electron chi connectivity index (χ2n) is 6.07. The molecule has 1 atom stereocenters. The molecule has 0 radical (unpaired) electrons. The number of rotatable bonds is 9. The molecular weight excluding hydrogens is 431 g/mol. The molecule has 5 nitrogen and oxygen atoms in total. The van der Waals surface area contributed by atoms with E-state index in [4.69, 9.17) is 27.4 Å². The number of halogens is 3. The minimum Gasteiger partial charge on any atom is -0.391 e. The minimum absolute atomic E-state index is 0. The van der Waals surface area contributed by atoms with Crippen molar-refractivity contribution in [1.29, 1.82) is 0 Å². The Hall–Kier alpha value is -0.920. The van der Waals surface area contributed by atoms with E-state index in [-0.39, 0.29) is 36.6 Å². The number of benzene rings is 1. The largest absolute Gasteiger partial charge is 0.391 e. The molecule has 27 heavy (non-hydrogen) atoms. The van der Waals surface area contributed by atoms with E-state index in [9.17, 15) is 9.90 Å². The summed E-state index contributed by atoms with van der Waals surface area (Å²) in [7, 11) is 0. The van der Waals surface area contributed by atoms with E-state index in [1.54, 1.807) is 41.5 Å². The standard InChI is InChI=1S/C18H22Cl2N2O3S.ClH/c1-3-13(4-2)17(23)25-26-11-18(24,10-22-8-7-21-12-22)15-6-5-14(19)9-16(15)20;/h5-9,12-13,24H,3-4,10-11H2,1-2H3;1H. The number of carbonyl (C=O) groups is 1. The molecule has 0 aliphatic heterocycles. The highest BCUT2D eigenvalue weighted by molar-refractivity contribution is 7.95. The average molecular weight is 454 g/mol. The molecule has 0 saturated heterocycles. The van der Waals surface area contributed by atoms with Crippen LogP contribution in [0.15, 0.2) is 36.9 Å². The zero-order valence-electron chi connectivity index (χ0n) is 15.1. The first-order valence-corrected chi connectivity index (χ1v) is 10.0. The van der Waals surface area contributed by atoms with Crippen LogP contribution in [0, 0.1) is 5.92 Å². The first-order valence-electron chi connectivity index (χ1n) is 8.36. The van der Waals surface area contributed by atoms with E-state index in [2.05, 4.69) is 4.98 Å². The Morgan fingerprint density at radius 1 is 1.37 bits per heavy atom. The van der Waals surface area contributed by atoms with Crippen molar-refractivity contribution in [3.8, 4) is 0 Å². The fourth-order valence-electron chi connectivity index (χ4n) is 2.63. The van der Waals surface area contributed by atoms with E-state index in [1.807, 2.05) is 13.8 Å². The van der Waals surface area contributed by atoms with Crippen LogP contribution < -0.4 is 0 Å². The van der Waals surface area contributed by atoms with Crippen LogP contribution in [-0.4, -0.2) is 26.4 Å². The summed E-state index contributed by atoms with van der Waals surface area (Å²) in [6, 6.07) is 4.94.